The number of hydrogen-bond donors (Lipinski definition) is 3. The van der Waals surface area contributed by atoms with Crippen LogP contribution in [0.15, 0.2) is 41.5 Å². The molecule has 0 radical (unpaired) electrons. The Balaban J connectivity index is 2.45. The number of nitrogens with zero attached hydrogens (tertiary/aromatic N) is 3. The molecular weight excluding hydrogens is 246 g/mol. The van der Waals surface area contributed by atoms with E-state index in [1.807, 2.05) is 0 Å². The van der Waals surface area contributed by atoms with Crippen molar-refractivity contribution in [3.05, 3.63) is 52.4 Å². The molecule has 2 unspecified atom stereocenters. The Labute approximate surface area is 109 Å². The minimum absolute atomic E-state index is 0.107. The SMILES string of the molecule is [N-]=[N+]=NCC(O)C(O)c1ccc(O)c2ccccc12. The fourth-order valence-electron chi connectivity index (χ4n) is 1.99. The van der Waals surface area contributed by atoms with Crippen molar-refractivity contribution in [2.24, 2.45) is 5.11 Å². The molecule has 0 heterocycles. The standard InChI is InChI=1S/C13H13N3O3/c14-16-15-7-12(18)13(19)10-5-6-11(17)9-4-2-1-3-8(9)10/h1-6,12-13,17-19H,7H2. The number of fused-ring (bicyclic) bond motifs is 1. The molecule has 2 rings (SSSR count). The Hall–Kier alpha value is -2.27. The largest absolute Gasteiger partial charge is 0.507 e. The van der Waals surface area contributed by atoms with E-state index < -0.39 is 12.2 Å². The number of aliphatic hydroxyl groups excluding tert-OH is 2. The summed E-state index contributed by atoms with van der Waals surface area (Å²) < 4.78 is 0. The van der Waals surface area contributed by atoms with Crippen LogP contribution < -0.4 is 0 Å². The maximum atomic E-state index is 10.1. The molecule has 0 amide bonds. The second-order valence-electron chi connectivity index (χ2n) is 4.15. The normalized spacial score (nSPS) is 13.8. The lowest BCUT2D eigenvalue weighted by atomic mass is 9.97. The van der Waals surface area contributed by atoms with E-state index in [2.05, 4.69) is 10.0 Å². The first-order valence-electron chi connectivity index (χ1n) is 5.72. The van der Waals surface area contributed by atoms with Crippen LogP contribution in [0.25, 0.3) is 21.2 Å². The minimum Gasteiger partial charge on any atom is -0.507 e. The molecule has 0 aromatic heterocycles. The highest BCUT2D eigenvalue weighted by atomic mass is 16.3. The number of aliphatic hydroxyl groups is 2. The van der Waals surface area contributed by atoms with E-state index in [9.17, 15) is 15.3 Å². The molecule has 0 saturated carbocycles. The summed E-state index contributed by atoms with van der Waals surface area (Å²) in [6.45, 7) is -0.215. The van der Waals surface area contributed by atoms with Gasteiger partial charge in [0, 0.05) is 10.3 Å². The smallest absolute Gasteiger partial charge is 0.123 e. The fourth-order valence-corrected chi connectivity index (χ4v) is 1.99. The van der Waals surface area contributed by atoms with Gasteiger partial charge in [0.05, 0.1) is 12.6 Å². The summed E-state index contributed by atoms with van der Waals surface area (Å²) in [5.41, 5.74) is 8.69. The van der Waals surface area contributed by atoms with E-state index in [1.165, 1.54) is 6.07 Å². The van der Waals surface area contributed by atoms with Gasteiger partial charge in [0.15, 0.2) is 0 Å². The van der Waals surface area contributed by atoms with E-state index in [1.54, 1.807) is 30.3 Å². The van der Waals surface area contributed by atoms with Gasteiger partial charge < -0.3 is 15.3 Å². The lowest BCUT2D eigenvalue weighted by Gasteiger charge is -2.18. The molecule has 2 aromatic rings. The zero-order valence-electron chi connectivity index (χ0n) is 10.0. The third kappa shape index (κ3) is 2.61. The van der Waals surface area contributed by atoms with Crippen LogP contribution in [-0.4, -0.2) is 28.0 Å². The van der Waals surface area contributed by atoms with Crippen LogP contribution in [0.2, 0.25) is 0 Å². The molecule has 3 N–H and O–H groups in total. The topological polar surface area (TPSA) is 109 Å². The van der Waals surface area contributed by atoms with Crippen LogP contribution in [0.4, 0.5) is 0 Å². The van der Waals surface area contributed by atoms with Crippen LogP contribution in [0, 0.1) is 0 Å². The molecule has 2 aromatic carbocycles. The molecule has 0 spiro atoms. The monoisotopic (exact) mass is 259 g/mol. The van der Waals surface area contributed by atoms with Gasteiger partial charge in [-0.15, -0.1) is 0 Å². The molecule has 6 nitrogen and oxygen atoms in total. The number of azide groups is 1. The highest BCUT2D eigenvalue weighted by Gasteiger charge is 2.20. The Morgan fingerprint density at radius 2 is 1.79 bits per heavy atom. The number of hydrogen-bond acceptors (Lipinski definition) is 4. The number of benzene rings is 2. The summed E-state index contributed by atoms with van der Waals surface area (Å²) in [7, 11) is 0. The summed E-state index contributed by atoms with van der Waals surface area (Å²) in [6.07, 6.45) is -2.38. The summed E-state index contributed by atoms with van der Waals surface area (Å²) >= 11 is 0. The van der Waals surface area contributed by atoms with Crippen LogP contribution in [0.5, 0.6) is 5.75 Å². The van der Waals surface area contributed by atoms with Gasteiger partial charge in [0.1, 0.15) is 11.9 Å². The zero-order chi connectivity index (χ0) is 13.8. The maximum absolute atomic E-state index is 10.1. The van der Waals surface area contributed by atoms with Gasteiger partial charge in [-0.2, -0.15) is 0 Å². The number of phenols is 1. The van der Waals surface area contributed by atoms with Crippen molar-refractivity contribution in [2.45, 2.75) is 12.2 Å². The Kier molecular flexibility index (Phi) is 3.87. The third-order valence-electron chi connectivity index (χ3n) is 2.95. The fraction of sp³-hybridized carbons (Fsp3) is 0.231. The third-order valence-corrected chi connectivity index (χ3v) is 2.95. The van der Waals surface area contributed by atoms with Crippen molar-refractivity contribution in [1.29, 1.82) is 0 Å². The van der Waals surface area contributed by atoms with E-state index in [4.69, 9.17) is 5.53 Å². The Morgan fingerprint density at radius 1 is 1.11 bits per heavy atom. The number of phenolic OH excluding ortho intramolecular Hbond substituents is 1. The van der Waals surface area contributed by atoms with Gasteiger partial charge in [0.25, 0.3) is 0 Å². The predicted octanol–water partition coefficient (Wildman–Crippen LogP) is 2.25. The van der Waals surface area contributed by atoms with Crippen molar-refractivity contribution in [1.82, 2.24) is 0 Å². The molecule has 98 valence electrons. The van der Waals surface area contributed by atoms with Crippen molar-refractivity contribution in [3.8, 4) is 5.75 Å². The van der Waals surface area contributed by atoms with E-state index in [0.29, 0.717) is 16.3 Å². The lowest BCUT2D eigenvalue weighted by molar-refractivity contribution is 0.0253. The predicted molar refractivity (Wildman–Crippen MR) is 70.6 cm³/mol. The highest BCUT2D eigenvalue weighted by molar-refractivity contribution is 5.91. The van der Waals surface area contributed by atoms with Crippen molar-refractivity contribution >= 4 is 10.8 Å². The maximum Gasteiger partial charge on any atom is 0.123 e. The van der Waals surface area contributed by atoms with Gasteiger partial charge >= 0.3 is 0 Å². The van der Waals surface area contributed by atoms with Gasteiger partial charge in [-0.3, -0.25) is 0 Å². The number of aromatic hydroxyl groups is 1. The minimum atomic E-state index is -1.19. The van der Waals surface area contributed by atoms with Gasteiger partial charge in [-0.1, -0.05) is 35.4 Å². The average molecular weight is 259 g/mol. The second-order valence-corrected chi connectivity index (χ2v) is 4.15. The zero-order valence-corrected chi connectivity index (χ0v) is 10.0. The molecule has 0 aliphatic carbocycles. The van der Waals surface area contributed by atoms with Gasteiger partial charge in [-0.05, 0) is 22.5 Å². The summed E-state index contributed by atoms with van der Waals surface area (Å²) in [5.74, 6) is 0.107. The Bertz CT molecular complexity index is 638. The van der Waals surface area contributed by atoms with E-state index in [0.717, 1.165) is 0 Å². The van der Waals surface area contributed by atoms with Gasteiger partial charge in [0.2, 0.25) is 0 Å². The first-order chi connectivity index (χ1) is 9.15. The van der Waals surface area contributed by atoms with Crippen LogP contribution >= 0.6 is 0 Å². The first kappa shape index (κ1) is 13.2. The highest BCUT2D eigenvalue weighted by Crippen LogP contribution is 2.31. The lowest BCUT2D eigenvalue weighted by Crippen LogP contribution is -2.21. The Morgan fingerprint density at radius 3 is 2.47 bits per heavy atom. The average Bonchev–Trinajstić information content (AvgIpc) is 2.45. The molecule has 6 heteroatoms. The van der Waals surface area contributed by atoms with Crippen molar-refractivity contribution in [3.63, 3.8) is 0 Å². The molecule has 0 bridgehead atoms. The van der Waals surface area contributed by atoms with Crippen LogP contribution in [-0.2, 0) is 0 Å². The van der Waals surface area contributed by atoms with Gasteiger partial charge in [-0.25, -0.2) is 0 Å². The summed E-state index contributed by atoms with van der Waals surface area (Å²) in [6, 6.07) is 10.0. The quantitative estimate of drug-likeness (QED) is 0.445. The van der Waals surface area contributed by atoms with Crippen LogP contribution in [0.1, 0.15) is 11.7 Å². The molecule has 0 saturated heterocycles. The van der Waals surface area contributed by atoms with Crippen molar-refractivity contribution in [2.75, 3.05) is 6.54 Å². The van der Waals surface area contributed by atoms with E-state index >= 15 is 0 Å². The van der Waals surface area contributed by atoms with Crippen molar-refractivity contribution < 1.29 is 15.3 Å². The number of rotatable bonds is 4. The second kappa shape index (κ2) is 5.58. The first-order valence-corrected chi connectivity index (χ1v) is 5.72. The molecular formula is C13H13N3O3. The van der Waals surface area contributed by atoms with E-state index in [-0.39, 0.29) is 12.3 Å². The molecule has 2 atom stereocenters. The summed E-state index contributed by atoms with van der Waals surface area (Å²) in [5, 5.41) is 34.1. The molecule has 19 heavy (non-hydrogen) atoms. The molecule has 0 fully saturated rings. The molecule has 0 aliphatic rings. The molecule has 0 aliphatic heterocycles. The van der Waals surface area contributed by atoms with Crippen LogP contribution in [0.3, 0.4) is 0 Å². The summed E-state index contributed by atoms with van der Waals surface area (Å²) in [4.78, 5) is 2.54.